The van der Waals surface area contributed by atoms with Crippen LogP contribution >= 0.6 is 23.2 Å². The fraction of sp³-hybridized carbons (Fsp3) is 0.375. The predicted molar refractivity (Wildman–Crippen MR) is 169 cm³/mol. The summed E-state index contributed by atoms with van der Waals surface area (Å²) in [6.45, 7) is 8.48. The van der Waals surface area contributed by atoms with Crippen LogP contribution in [0.1, 0.15) is 38.2 Å². The monoisotopic (exact) mass is 623 g/mol. The van der Waals surface area contributed by atoms with Crippen LogP contribution in [0.25, 0.3) is 5.69 Å². The van der Waals surface area contributed by atoms with Crippen LogP contribution in [-0.2, 0) is 9.47 Å². The van der Waals surface area contributed by atoms with Crippen LogP contribution in [0.3, 0.4) is 0 Å². The quantitative estimate of drug-likeness (QED) is 0.222. The van der Waals surface area contributed by atoms with Crippen LogP contribution in [0.15, 0.2) is 77.9 Å². The Morgan fingerprint density at radius 2 is 1.56 bits per heavy atom. The van der Waals surface area contributed by atoms with E-state index in [4.69, 9.17) is 37.4 Å². The number of piperazine rings is 1. The Balaban J connectivity index is 0.981. The number of aromatic nitrogens is 3. The molecule has 0 radical (unpaired) electrons. The van der Waals surface area contributed by atoms with Gasteiger partial charge >= 0.3 is 5.69 Å². The molecule has 9 nitrogen and oxygen atoms in total. The predicted octanol–water partition coefficient (Wildman–Crippen LogP) is 6.13. The highest BCUT2D eigenvalue weighted by molar-refractivity contribution is 6.35. The van der Waals surface area contributed by atoms with Gasteiger partial charge in [0.05, 0.1) is 23.4 Å². The van der Waals surface area contributed by atoms with E-state index in [0.717, 1.165) is 61.0 Å². The lowest BCUT2D eigenvalue weighted by atomic mass is 10.2. The Bertz CT molecular complexity index is 1580. The van der Waals surface area contributed by atoms with Crippen molar-refractivity contribution in [2.75, 3.05) is 49.2 Å². The van der Waals surface area contributed by atoms with Crippen LogP contribution in [0, 0.1) is 0 Å². The van der Waals surface area contributed by atoms with Crippen molar-refractivity contribution >= 4 is 34.6 Å². The van der Waals surface area contributed by atoms with Gasteiger partial charge in [-0.15, -0.1) is 0 Å². The molecule has 1 aromatic heterocycles. The Morgan fingerprint density at radius 1 is 0.930 bits per heavy atom. The minimum Gasteiger partial charge on any atom is -0.491 e. The summed E-state index contributed by atoms with van der Waals surface area (Å²) in [6, 6.07) is 21.7. The van der Waals surface area contributed by atoms with Crippen LogP contribution in [-0.4, -0.2) is 59.8 Å². The first-order chi connectivity index (χ1) is 20.9. The second-order valence-electron chi connectivity index (χ2n) is 10.9. The van der Waals surface area contributed by atoms with E-state index in [-0.39, 0.29) is 17.8 Å². The summed E-state index contributed by atoms with van der Waals surface area (Å²) < 4.78 is 20.9. The SMILES string of the molecule is CCC(C)n1ncn(-c2ccc(N3CCN(c4ccc(OC[C@H]5COC(c6ccc(Cl)cc6Cl)O5)cc4)CC3)cc2)c1=O. The smallest absolute Gasteiger partial charge is 0.350 e. The highest BCUT2D eigenvalue weighted by Crippen LogP contribution is 2.33. The molecule has 0 bridgehead atoms. The molecule has 0 saturated carbocycles. The Labute approximate surface area is 261 Å². The van der Waals surface area contributed by atoms with Gasteiger partial charge < -0.3 is 24.0 Å². The van der Waals surface area contributed by atoms with E-state index in [1.165, 1.54) is 0 Å². The third-order valence-electron chi connectivity index (χ3n) is 8.08. The van der Waals surface area contributed by atoms with Crippen molar-refractivity contribution in [2.45, 2.75) is 38.7 Å². The van der Waals surface area contributed by atoms with Crippen LogP contribution < -0.4 is 20.2 Å². The lowest BCUT2D eigenvalue weighted by molar-refractivity contribution is -0.0658. The zero-order valence-corrected chi connectivity index (χ0v) is 25.7. The lowest BCUT2D eigenvalue weighted by Crippen LogP contribution is -2.46. The van der Waals surface area contributed by atoms with Gasteiger partial charge in [0.2, 0.25) is 0 Å². The molecule has 3 heterocycles. The van der Waals surface area contributed by atoms with Crippen LogP contribution in [0.2, 0.25) is 10.0 Å². The zero-order chi connectivity index (χ0) is 29.9. The molecule has 2 saturated heterocycles. The van der Waals surface area contributed by atoms with Gasteiger partial charge in [-0.25, -0.2) is 14.0 Å². The molecule has 0 amide bonds. The van der Waals surface area contributed by atoms with Crippen molar-refractivity contribution in [1.82, 2.24) is 14.3 Å². The lowest BCUT2D eigenvalue weighted by Gasteiger charge is -2.37. The van der Waals surface area contributed by atoms with Crippen LogP contribution in [0.5, 0.6) is 5.75 Å². The van der Waals surface area contributed by atoms with E-state index in [0.29, 0.717) is 23.3 Å². The summed E-state index contributed by atoms with van der Waals surface area (Å²) in [4.78, 5) is 17.5. The number of ether oxygens (including phenoxy) is 3. The van der Waals surface area contributed by atoms with E-state index < -0.39 is 6.29 Å². The second kappa shape index (κ2) is 13.0. The number of nitrogens with zero attached hydrogens (tertiary/aromatic N) is 5. The molecule has 43 heavy (non-hydrogen) atoms. The minimum absolute atomic E-state index is 0.0737. The van der Waals surface area contributed by atoms with E-state index in [2.05, 4.69) is 39.2 Å². The van der Waals surface area contributed by atoms with Gasteiger partial charge in [-0.05, 0) is 74.0 Å². The molecule has 3 aromatic carbocycles. The van der Waals surface area contributed by atoms with Crippen LogP contribution in [0.4, 0.5) is 11.4 Å². The minimum atomic E-state index is -0.526. The first-order valence-electron chi connectivity index (χ1n) is 14.6. The van der Waals surface area contributed by atoms with E-state index >= 15 is 0 Å². The first-order valence-corrected chi connectivity index (χ1v) is 15.4. The second-order valence-corrected chi connectivity index (χ2v) is 11.7. The third-order valence-corrected chi connectivity index (χ3v) is 8.64. The number of hydrogen-bond donors (Lipinski definition) is 0. The molecule has 3 atom stereocenters. The highest BCUT2D eigenvalue weighted by atomic mass is 35.5. The Hall–Kier alpha value is -3.50. The van der Waals surface area contributed by atoms with Gasteiger partial charge in [0.15, 0.2) is 6.29 Å². The molecule has 2 fully saturated rings. The molecule has 4 aromatic rings. The van der Waals surface area contributed by atoms with Crippen molar-refractivity contribution < 1.29 is 14.2 Å². The van der Waals surface area contributed by atoms with Crippen molar-refractivity contribution in [3.8, 4) is 11.4 Å². The topological polar surface area (TPSA) is 74.0 Å². The fourth-order valence-corrected chi connectivity index (χ4v) is 5.85. The summed E-state index contributed by atoms with van der Waals surface area (Å²) in [7, 11) is 0. The molecular formula is C32H35Cl2N5O4. The molecule has 0 spiro atoms. The maximum Gasteiger partial charge on any atom is 0.350 e. The first kappa shape index (κ1) is 29.6. The van der Waals surface area contributed by atoms with Gasteiger partial charge in [0.25, 0.3) is 0 Å². The van der Waals surface area contributed by atoms with E-state index in [9.17, 15) is 4.79 Å². The number of anilines is 2. The molecule has 0 aliphatic carbocycles. The van der Waals surface area contributed by atoms with Gasteiger partial charge in [-0.2, -0.15) is 5.10 Å². The summed E-state index contributed by atoms with van der Waals surface area (Å²) >= 11 is 12.3. The summed E-state index contributed by atoms with van der Waals surface area (Å²) in [5.74, 6) is 0.785. The molecule has 6 rings (SSSR count). The van der Waals surface area contributed by atoms with Crippen molar-refractivity contribution in [3.63, 3.8) is 0 Å². The average Bonchev–Trinajstić information content (AvgIpc) is 3.67. The van der Waals surface area contributed by atoms with Gasteiger partial charge in [-0.3, -0.25) is 0 Å². The van der Waals surface area contributed by atoms with Gasteiger partial charge in [0, 0.05) is 48.1 Å². The fourth-order valence-electron chi connectivity index (χ4n) is 5.35. The zero-order valence-electron chi connectivity index (χ0n) is 24.2. The van der Waals surface area contributed by atoms with Crippen molar-refractivity contribution in [1.29, 1.82) is 0 Å². The summed E-state index contributed by atoms with van der Waals surface area (Å²) in [5, 5.41) is 5.38. The number of hydrogen-bond acceptors (Lipinski definition) is 7. The largest absolute Gasteiger partial charge is 0.491 e. The number of benzene rings is 3. The molecule has 11 heteroatoms. The van der Waals surface area contributed by atoms with Crippen molar-refractivity contribution in [2.24, 2.45) is 0 Å². The normalized spacial score (nSPS) is 19.5. The third kappa shape index (κ3) is 6.55. The number of rotatable bonds is 9. The molecule has 0 N–H and O–H groups in total. The van der Waals surface area contributed by atoms with E-state index in [1.54, 1.807) is 27.7 Å². The number of halogens is 2. The standard InChI is InChI=1S/C32H35Cl2N5O4/c1-3-22(2)39-32(40)38(21-35-39)26-7-5-24(6-8-26)36-14-16-37(17-15-36)25-9-11-27(12-10-25)41-19-28-20-42-31(43-28)29-13-4-23(33)18-30(29)34/h4-13,18,21-22,28,31H,3,14-17,19-20H2,1-2H3/t22?,28-,31?/m0/s1. The molecular weight excluding hydrogens is 589 g/mol. The molecule has 2 aliphatic heterocycles. The Morgan fingerprint density at radius 3 is 2.19 bits per heavy atom. The Kier molecular flexibility index (Phi) is 8.95. The van der Waals surface area contributed by atoms with Gasteiger partial charge in [-0.1, -0.05) is 36.2 Å². The summed E-state index contributed by atoms with van der Waals surface area (Å²) in [5.41, 5.74) is 3.78. The maximum absolute atomic E-state index is 12.7. The van der Waals surface area contributed by atoms with E-state index in [1.807, 2.05) is 44.2 Å². The molecule has 2 unspecified atom stereocenters. The maximum atomic E-state index is 12.7. The van der Waals surface area contributed by atoms with Crippen molar-refractivity contribution in [3.05, 3.63) is 99.2 Å². The van der Waals surface area contributed by atoms with Gasteiger partial charge in [0.1, 0.15) is 24.8 Å². The summed E-state index contributed by atoms with van der Waals surface area (Å²) in [6.07, 6.45) is 1.74. The highest BCUT2D eigenvalue weighted by Gasteiger charge is 2.29. The molecule has 226 valence electrons. The average molecular weight is 625 g/mol. The molecule has 2 aliphatic rings.